The number of hydrogen-bond acceptors (Lipinski definition) is 3. The van der Waals surface area contributed by atoms with Gasteiger partial charge in [0.2, 0.25) is 0 Å². The van der Waals surface area contributed by atoms with Crippen molar-refractivity contribution in [2.45, 2.75) is 6.54 Å². The first-order chi connectivity index (χ1) is 7.27. The van der Waals surface area contributed by atoms with Crippen LogP contribution >= 0.6 is 15.9 Å². The number of rotatable bonds is 6. The average Bonchev–Trinajstić information content (AvgIpc) is 2.25. The van der Waals surface area contributed by atoms with Crippen LogP contribution in [0.3, 0.4) is 0 Å². The molecule has 0 aliphatic rings. The normalized spacial score (nSPS) is 10.3. The maximum Gasteiger partial charge on any atom is 0.133 e. The fourth-order valence-electron chi connectivity index (χ4n) is 1.27. The topological polar surface area (TPSA) is 33.3 Å². The lowest BCUT2D eigenvalue weighted by molar-refractivity contribution is 0.412. The summed E-state index contributed by atoms with van der Waals surface area (Å²) in [4.78, 5) is 0. The number of methoxy groups -OCH3 is 1. The van der Waals surface area contributed by atoms with Gasteiger partial charge < -0.3 is 15.4 Å². The summed E-state index contributed by atoms with van der Waals surface area (Å²) in [7, 11) is 3.62. The van der Waals surface area contributed by atoms with E-state index in [0.717, 1.165) is 29.9 Å². The van der Waals surface area contributed by atoms with Crippen LogP contribution in [0.1, 0.15) is 5.56 Å². The van der Waals surface area contributed by atoms with E-state index >= 15 is 0 Å². The molecule has 1 aromatic carbocycles. The zero-order chi connectivity index (χ0) is 11.1. The van der Waals surface area contributed by atoms with Gasteiger partial charge in [-0.25, -0.2) is 0 Å². The van der Waals surface area contributed by atoms with Gasteiger partial charge in [0.25, 0.3) is 0 Å². The molecule has 0 heterocycles. The third-order valence-corrected chi connectivity index (χ3v) is 2.72. The Balaban J connectivity index is 2.45. The van der Waals surface area contributed by atoms with E-state index in [1.54, 1.807) is 7.11 Å². The highest BCUT2D eigenvalue weighted by Crippen LogP contribution is 2.25. The highest BCUT2D eigenvalue weighted by Gasteiger charge is 2.00. The molecule has 0 fully saturated rings. The van der Waals surface area contributed by atoms with E-state index in [2.05, 4.69) is 38.7 Å². The Morgan fingerprint density at radius 2 is 2.13 bits per heavy atom. The molecular weight excluding hydrogens is 256 g/mol. The summed E-state index contributed by atoms with van der Waals surface area (Å²) in [5.74, 6) is 0.869. The van der Waals surface area contributed by atoms with Crippen molar-refractivity contribution >= 4 is 15.9 Å². The highest BCUT2D eigenvalue weighted by molar-refractivity contribution is 9.10. The molecule has 84 valence electrons. The zero-order valence-corrected chi connectivity index (χ0v) is 10.7. The minimum Gasteiger partial charge on any atom is -0.496 e. The Morgan fingerprint density at radius 3 is 2.73 bits per heavy atom. The predicted octanol–water partition coefficient (Wildman–Crippen LogP) is 1.77. The Bertz CT molecular complexity index is 305. The molecule has 0 radical (unpaired) electrons. The molecule has 3 nitrogen and oxygen atoms in total. The van der Waals surface area contributed by atoms with Crippen molar-refractivity contribution in [1.29, 1.82) is 0 Å². The van der Waals surface area contributed by atoms with Crippen molar-refractivity contribution in [3.8, 4) is 5.75 Å². The van der Waals surface area contributed by atoms with Gasteiger partial charge in [0.05, 0.1) is 11.6 Å². The van der Waals surface area contributed by atoms with Gasteiger partial charge >= 0.3 is 0 Å². The van der Waals surface area contributed by atoms with Crippen LogP contribution in [0.15, 0.2) is 22.7 Å². The van der Waals surface area contributed by atoms with Crippen LogP contribution in [0.4, 0.5) is 0 Å². The summed E-state index contributed by atoms with van der Waals surface area (Å²) in [6.45, 7) is 2.84. The van der Waals surface area contributed by atoms with Gasteiger partial charge in [-0.05, 0) is 40.7 Å². The van der Waals surface area contributed by atoms with Gasteiger partial charge in [-0.2, -0.15) is 0 Å². The van der Waals surface area contributed by atoms with Gasteiger partial charge in [0.15, 0.2) is 0 Å². The Hall–Kier alpha value is -0.580. The molecular formula is C11H17BrN2O. The standard InChI is InChI=1S/C11H17BrN2O/c1-13-5-6-14-8-9-3-4-11(15-2)10(12)7-9/h3-4,7,13-14H,5-6,8H2,1-2H3. The quantitative estimate of drug-likeness (QED) is 0.775. The maximum absolute atomic E-state index is 5.17. The summed E-state index contributed by atoms with van der Waals surface area (Å²) >= 11 is 3.46. The number of halogens is 1. The second-order valence-electron chi connectivity index (χ2n) is 3.25. The van der Waals surface area contributed by atoms with Crippen LogP contribution in [0.2, 0.25) is 0 Å². The molecule has 0 saturated heterocycles. The van der Waals surface area contributed by atoms with Crippen molar-refractivity contribution < 1.29 is 4.74 Å². The Labute approximate surface area is 99.3 Å². The Morgan fingerprint density at radius 1 is 1.33 bits per heavy atom. The van der Waals surface area contributed by atoms with E-state index in [-0.39, 0.29) is 0 Å². The fraction of sp³-hybridized carbons (Fsp3) is 0.455. The molecule has 0 atom stereocenters. The second kappa shape index (κ2) is 6.82. The maximum atomic E-state index is 5.17. The number of likely N-dealkylation sites (N-methyl/N-ethyl adjacent to an activating group) is 1. The number of benzene rings is 1. The Kier molecular flexibility index (Phi) is 5.68. The molecule has 0 aromatic heterocycles. The molecule has 0 bridgehead atoms. The molecule has 0 saturated carbocycles. The average molecular weight is 273 g/mol. The van der Waals surface area contributed by atoms with Crippen molar-refractivity contribution in [3.63, 3.8) is 0 Å². The monoisotopic (exact) mass is 272 g/mol. The molecule has 2 N–H and O–H groups in total. The second-order valence-corrected chi connectivity index (χ2v) is 4.10. The molecule has 4 heteroatoms. The van der Waals surface area contributed by atoms with Crippen molar-refractivity contribution in [2.75, 3.05) is 27.2 Å². The van der Waals surface area contributed by atoms with Gasteiger partial charge in [0.1, 0.15) is 5.75 Å². The van der Waals surface area contributed by atoms with Gasteiger partial charge in [-0.1, -0.05) is 6.07 Å². The minimum atomic E-state index is 0.869. The van der Waals surface area contributed by atoms with Crippen LogP contribution < -0.4 is 15.4 Å². The number of nitrogens with one attached hydrogen (secondary N) is 2. The van der Waals surface area contributed by atoms with E-state index in [4.69, 9.17) is 4.74 Å². The molecule has 0 aliphatic heterocycles. The van der Waals surface area contributed by atoms with Gasteiger partial charge in [0, 0.05) is 19.6 Å². The lowest BCUT2D eigenvalue weighted by Gasteiger charge is -2.07. The zero-order valence-electron chi connectivity index (χ0n) is 9.14. The number of hydrogen-bond donors (Lipinski definition) is 2. The first-order valence-electron chi connectivity index (χ1n) is 4.95. The minimum absolute atomic E-state index is 0.869. The largest absolute Gasteiger partial charge is 0.496 e. The number of ether oxygens (including phenoxy) is 1. The summed E-state index contributed by atoms with van der Waals surface area (Å²) < 4.78 is 6.16. The summed E-state index contributed by atoms with van der Waals surface area (Å²) in [6, 6.07) is 6.11. The van der Waals surface area contributed by atoms with Crippen molar-refractivity contribution in [2.24, 2.45) is 0 Å². The molecule has 15 heavy (non-hydrogen) atoms. The molecule has 1 aromatic rings. The van der Waals surface area contributed by atoms with Crippen LogP contribution in [-0.4, -0.2) is 27.2 Å². The fourth-order valence-corrected chi connectivity index (χ4v) is 1.85. The molecule has 0 spiro atoms. The molecule has 0 aliphatic carbocycles. The first kappa shape index (κ1) is 12.5. The third kappa shape index (κ3) is 4.20. The van der Waals surface area contributed by atoms with Crippen LogP contribution in [0.25, 0.3) is 0 Å². The lowest BCUT2D eigenvalue weighted by atomic mass is 10.2. The summed E-state index contributed by atoms with van der Waals surface area (Å²) in [6.07, 6.45) is 0. The van der Waals surface area contributed by atoms with Crippen LogP contribution in [0.5, 0.6) is 5.75 Å². The predicted molar refractivity (Wildman–Crippen MR) is 66.3 cm³/mol. The smallest absolute Gasteiger partial charge is 0.133 e. The van der Waals surface area contributed by atoms with Crippen molar-refractivity contribution in [3.05, 3.63) is 28.2 Å². The highest BCUT2D eigenvalue weighted by atomic mass is 79.9. The van der Waals surface area contributed by atoms with Crippen LogP contribution in [0, 0.1) is 0 Å². The lowest BCUT2D eigenvalue weighted by Crippen LogP contribution is -2.24. The van der Waals surface area contributed by atoms with E-state index < -0.39 is 0 Å². The SMILES string of the molecule is CNCCNCc1ccc(OC)c(Br)c1. The summed E-state index contributed by atoms with van der Waals surface area (Å²) in [5.41, 5.74) is 1.25. The summed E-state index contributed by atoms with van der Waals surface area (Å²) in [5, 5.41) is 6.43. The van der Waals surface area contributed by atoms with Gasteiger partial charge in [-0.3, -0.25) is 0 Å². The first-order valence-corrected chi connectivity index (χ1v) is 5.75. The van der Waals surface area contributed by atoms with Crippen LogP contribution in [-0.2, 0) is 6.54 Å². The van der Waals surface area contributed by atoms with Crippen molar-refractivity contribution in [1.82, 2.24) is 10.6 Å². The van der Waals surface area contributed by atoms with E-state index in [9.17, 15) is 0 Å². The van der Waals surface area contributed by atoms with E-state index in [1.807, 2.05) is 13.1 Å². The van der Waals surface area contributed by atoms with E-state index in [0.29, 0.717) is 0 Å². The molecule has 0 unspecified atom stereocenters. The molecule has 0 amide bonds. The third-order valence-electron chi connectivity index (χ3n) is 2.10. The van der Waals surface area contributed by atoms with E-state index in [1.165, 1.54) is 5.56 Å². The van der Waals surface area contributed by atoms with Gasteiger partial charge in [-0.15, -0.1) is 0 Å². The molecule has 1 rings (SSSR count).